The van der Waals surface area contributed by atoms with Crippen LogP contribution < -0.4 is 0 Å². The van der Waals surface area contributed by atoms with Gasteiger partial charge in [0.05, 0.1) is 18.2 Å². The lowest BCUT2D eigenvalue weighted by atomic mass is 10.1. The van der Waals surface area contributed by atoms with Crippen LogP contribution in [0.2, 0.25) is 0 Å². The monoisotopic (exact) mass is 185 g/mol. The van der Waals surface area contributed by atoms with Crippen molar-refractivity contribution in [2.24, 2.45) is 0 Å². The molecule has 3 nitrogen and oxygen atoms in total. The van der Waals surface area contributed by atoms with Gasteiger partial charge in [0.2, 0.25) is 0 Å². The molecule has 0 saturated carbocycles. The topological polar surface area (TPSA) is 29.5 Å². The third kappa shape index (κ3) is 3.44. The number of ether oxygens (including phenoxy) is 1. The number of carbonyl (C=O) groups excluding carboxylic acids is 1. The first-order valence-corrected chi connectivity index (χ1v) is 4.79. The van der Waals surface area contributed by atoms with Crippen molar-refractivity contribution in [3.63, 3.8) is 0 Å². The SMILES string of the molecule is CC(=O)CN1CC(C)OC(C)(C)C1. The average molecular weight is 185 g/mol. The minimum absolute atomic E-state index is 0.118. The molecule has 1 aliphatic heterocycles. The number of Topliss-reactive ketones (excluding diaryl/α,β-unsaturated/α-hetero) is 1. The fourth-order valence-corrected chi connectivity index (χ4v) is 2.02. The summed E-state index contributed by atoms with van der Waals surface area (Å²) in [5, 5.41) is 0. The van der Waals surface area contributed by atoms with E-state index in [4.69, 9.17) is 4.74 Å². The van der Waals surface area contributed by atoms with E-state index in [2.05, 4.69) is 18.7 Å². The molecule has 3 heteroatoms. The van der Waals surface area contributed by atoms with Crippen LogP contribution in [-0.2, 0) is 9.53 Å². The molecular formula is C10H19NO2. The van der Waals surface area contributed by atoms with Gasteiger partial charge in [0.25, 0.3) is 0 Å². The second-order valence-corrected chi connectivity index (χ2v) is 4.56. The van der Waals surface area contributed by atoms with Gasteiger partial charge in [0, 0.05) is 13.1 Å². The Kier molecular flexibility index (Phi) is 3.09. The van der Waals surface area contributed by atoms with Crippen LogP contribution in [0.3, 0.4) is 0 Å². The summed E-state index contributed by atoms with van der Waals surface area (Å²) in [6.07, 6.45) is 0.225. The second kappa shape index (κ2) is 3.76. The lowest BCUT2D eigenvalue weighted by Crippen LogP contribution is -2.52. The highest BCUT2D eigenvalue weighted by Gasteiger charge is 2.31. The average Bonchev–Trinajstić information content (AvgIpc) is 1.78. The highest BCUT2D eigenvalue weighted by Crippen LogP contribution is 2.20. The van der Waals surface area contributed by atoms with Crippen LogP contribution in [0.4, 0.5) is 0 Å². The summed E-state index contributed by atoms with van der Waals surface area (Å²) in [4.78, 5) is 13.1. The van der Waals surface area contributed by atoms with Gasteiger partial charge in [-0.3, -0.25) is 9.69 Å². The molecule has 0 aromatic carbocycles. The van der Waals surface area contributed by atoms with Gasteiger partial charge in [-0.1, -0.05) is 0 Å². The smallest absolute Gasteiger partial charge is 0.143 e. The molecular weight excluding hydrogens is 166 g/mol. The first kappa shape index (κ1) is 10.7. The summed E-state index contributed by atoms with van der Waals surface area (Å²) in [6.45, 7) is 10.1. The maximum absolute atomic E-state index is 10.9. The van der Waals surface area contributed by atoms with E-state index in [1.54, 1.807) is 6.92 Å². The number of carbonyl (C=O) groups is 1. The third-order valence-corrected chi connectivity index (χ3v) is 2.09. The molecule has 13 heavy (non-hydrogen) atoms. The van der Waals surface area contributed by atoms with Crippen molar-refractivity contribution >= 4 is 5.78 Å². The molecule has 0 aliphatic carbocycles. The van der Waals surface area contributed by atoms with E-state index in [-0.39, 0.29) is 17.5 Å². The zero-order valence-electron chi connectivity index (χ0n) is 8.96. The molecule has 1 rings (SSSR count). The van der Waals surface area contributed by atoms with Crippen molar-refractivity contribution in [2.75, 3.05) is 19.6 Å². The molecule has 1 atom stereocenters. The molecule has 0 aromatic heterocycles. The van der Waals surface area contributed by atoms with Crippen LogP contribution in [0.1, 0.15) is 27.7 Å². The fraction of sp³-hybridized carbons (Fsp3) is 0.900. The van der Waals surface area contributed by atoms with Crippen molar-refractivity contribution in [3.8, 4) is 0 Å². The first-order valence-electron chi connectivity index (χ1n) is 4.79. The van der Waals surface area contributed by atoms with Crippen LogP contribution in [-0.4, -0.2) is 42.0 Å². The van der Waals surface area contributed by atoms with Gasteiger partial charge in [0.15, 0.2) is 0 Å². The number of nitrogens with zero attached hydrogens (tertiary/aromatic N) is 1. The Morgan fingerprint density at radius 3 is 2.69 bits per heavy atom. The lowest BCUT2D eigenvalue weighted by molar-refractivity contribution is -0.137. The second-order valence-electron chi connectivity index (χ2n) is 4.56. The maximum atomic E-state index is 10.9. The van der Waals surface area contributed by atoms with Gasteiger partial charge >= 0.3 is 0 Å². The van der Waals surface area contributed by atoms with Gasteiger partial charge in [-0.2, -0.15) is 0 Å². The number of ketones is 1. The van der Waals surface area contributed by atoms with Crippen molar-refractivity contribution in [2.45, 2.75) is 39.4 Å². The minimum Gasteiger partial charge on any atom is -0.370 e. The van der Waals surface area contributed by atoms with Crippen LogP contribution >= 0.6 is 0 Å². The van der Waals surface area contributed by atoms with E-state index in [1.165, 1.54) is 0 Å². The van der Waals surface area contributed by atoms with E-state index in [0.717, 1.165) is 13.1 Å². The van der Waals surface area contributed by atoms with Crippen LogP contribution in [0.15, 0.2) is 0 Å². The van der Waals surface area contributed by atoms with Gasteiger partial charge < -0.3 is 4.74 Å². The van der Waals surface area contributed by atoms with E-state index >= 15 is 0 Å². The number of rotatable bonds is 2. The Bertz CT molecular complexity index is 201. The van der Waals surface area contributed by atoms with Crippen molar-refractivity contribution in [1.82, 2.24) is 4.90 Å². The van der Waals surface area contributed by atoms with Crippen molar-refractivity contribution in [3.05, 3.63) is 0 Å². The van der Waals surface area contributed by atoms with Crippen LogP contribution in [0, 0.1) is 0 Å². The first-order chi connectivity index (χ1) is 5.89. The molecule has 0 bridgehead atoms. The zero-order chi connectivity index (χ0) is 10.1. The van der Waals surface area contributed by atoms with E-state index < -0.39 is 0 Å². The van der Waals surface area contributed by atoms with Gasteiger partial charge in [-0.15, -0.1) is 0 Å². The van der Waals surface area contributed by atoms with Crippen molar-refractivity contribution in [1.29, 1.82) is 0 Å². The Balaban J connectivity index is 2.52. The summed E-state index contributed by atoms with van der Waals surface area (Å²) in [6, 6.07) is 0. The molecule has 0 spiro atoms. The minimum atomic E-state index is -0.118. The summed E-state index contributed by atoms with van der Waals surface area (Å²) in [7, 11) is 0. The van der Waals surface area contributed by atoms with Crippen LogP contribution in [0.25, 0.3) is 0 Å². The van der Waals surface area contributed by atoms with Crippen LogP contribution in [0.5, 0.6) is 0 Å². The number of morpholine rings is 1. The maximum Gasteiger partial charge on any atom is 0.143 e. The van der Waals surface area contributed by atoms with E-state index in [9.17, 15) is 4.79 Å². The van der Waals surface area contributed by atoms with E-state index in [1.807, 2.05) is 6.92 Å². The summed E-state index contributed by atoms with van der Waals surface area (Å²) >= 11 is 0. The molecule has 76 valence electrons. The molecule has 1 unspecified atom stereocenters. The van der Waals surface area contributed by atoms with E-state index in [0.29, 0.717) is 6.54 Å². The Hall–Kier alpha value is -0.410. The number of hydrogen-bond donors (Lipinski definition) is 0. The predicted octanol–water partition coefficient (Wildman–Crippen LogP) is 1.07. The van der Waals surface area contributed by atoms with Crippen molar-refractivity contribution < 1.29 is 9.53 Å². The highest BCUT2D eigenvalue weighted by molar-refractivity contribution is 5.77. The molecule has 1 saturated heterocycles. The van der Waals surface area contributed by atoms with Gasteiger partial charge in [0.1, 0.15) is 5.78 Å². The molecule has 1 aliphatic rings. The van der Waals surface area contributed by atoms with Gasteiger partial charge in [-0.25, -0.2) is 0 Å². The lowest BCUT2D eigenvalue weighted by Gasteiger charge is -2.41. The largest absolute Gasteiger partial charge is 0.370 e. The molecule has 1 fully saturated rings. The normalized spacial score (nSPS) is 28.8. The standard InChI is InChI=1S/C10H19NO2/c1-8(12)5-11-6-9(2)13-10(3,4)7-11/h9H,5-7H2,1-4H3. The highest BCUT2D eigenvalue weighted by atomic mass is 16.5. The summed E-state index contributed by atoms with van der Waals surface area (Å²) in [5.41, 5.74) is -0.118. The Labute approximate surface area is 80.1 Å². The zero-order valence-corrected chi connectivity index (χ0v) is 8.96. The molecule has 1 heterocycles. The fourth-order valence-electron chi connectivity index (χ4n) is 2.02. The predicted molar refractivity (Wildman–Crippen MR) is 51.7 cm³/mol. The Morgan fingerprint density at radius 2 is 2.23 bits per heavy atom. The quantitative estimate of drug-likeness (QED) is 0.644. The Morgan fingerprint density at radius 1 is 1.62 bits per heavy atom. The molecule has 0 amide bonds. The summed E-state index contributed by atoms with van der Waals surface area (Å²) < 4.78 is 5.73. The summed E-state index contributed by atoms with van der Waals surface area (Å²) in [5.74, 6) is 0.227. The third-order valence-electron chi connectivity index (χ3n) is 2.09. The molecule has 0 radical (unpaired) electrons. The van der Waals surface area contributed by atoms with Gasteiger partial charge in [-0.05, 0) is 27.7 Å². The molecule has 0 aromatic rings. The number of hydrogen-bond acceptors (Lipinski definition) is 3. The molecule has 0 N–H and O–H groups in total.